The lowest BCUT2D eigenvalue weighted by Gasteiger charge is -2.23. The number of rotatable bonds is 4. The van der Waals surface area contributed by atoms with Gasteiger partial charge in [-0.15, -0.1) is 0 Å². The SMILES string of the molecule is CC1(Cc2ccc(C(F)(F)F)cc2)OCC(CCO)O1. The Kier molecular flexibility index (Phi) is 4.36. The summed E-state index contributed by atoms with van der Waals surface area (Å²) < 4.78 is 48.6. The fourth-order valence-corrected chi connectivity index (χ4v) is 2.25. The number of benzene rings is 1. The molecule has 1 N–H and O–H groups in total. The van der Waals surface area contributed by atoms with E-state index < -0.39 is 17.5 Å². The summed E-state index contributed by atoms with van der Waals surface area (Å²) in [5.41, 5.74) is 0.0444. The molecule has 0 radical (unpaired) electrons. The zero-order chi connectivity index (χ0) is 14.8. The first-order valence-corrected chi connectivity index (χ1v) is 6.41. The van der Waals surface area contributed by atoms with Crippen LogP contribution < -0.4 is 0 Å². The topological polar surface area (TPSA) is 38.7 Å². The number of halogens is 3. The van der Waals surface area contributed by atoms with Crippen molar-refractivity contribution in [3.63, 3.8) is 0 Å². The largest absolute Gasteiger partial charge is 0.416 e. The lowest BCUT2D eigenvalue weighted by molar-refractivity contribution is -0.153. The lowest BCUT2D eigenvalue weighted by Crippen LogP contribution is -2.29. The molecule has 1 aromatic rings. The fraction of sp³-hybridized carbons (Fsp3) is 0.571. The van der Waals surface area contributed by atoms with Crippen molar-refractivity contribution in [2.45, 2.75) is 37.8 Å². The van der Waals surface area contributed by atoms with Gasteiger partial charge in [0.1, 0.15) is 0 Å². The Morgan fingerprint density at radius 1 is 1.30 bits per heavy atom. The van der Waals surface area contributed by atoms with Crippen LogP contribution in [0.15, 0.2) is 24.3 Å². The third kappa shape index (κ3) is 3.71. The quantitative estimate of drug-likeness (QED) is 0.926. The lowest BCUT2D eigenvalue weighted by atomic mass is 10.0. The van der Waals surface area contributed by atoms with Crippen molar-refractivity contribution in [2.75, 3.05) is 13.2 Å². The van der Waals surface area contributed by atoms with E-state index >= 15 is 0 Å². The highest BCUT2D eigenvalue weighted by atomic mass is 19.4. The summed E-state index contributed by atoms with van der Waals surface area (Å²) in [6.07, 6.45) is -3.63. The van der Waals surface area contributed by atoms with Crippen molar-refractivity contribution >= 4 is 0 Å². The first-order chi connectivity index (χ1) is 9.32. The predicted octanol–water partition coefficient (Wildman–Crippen LogP) is 2.76. The van der Waals surface area contributed by atoms with Gasteiger partial charge in [0.2, 0.25) is 0 Å². The Bertz CT molecular complexity index is 444. The molecule has 0 spiro atoms. The second-order valence-corrected chi connectivity index (χ2v) is 5.07. The molecule has 1 saturated heterocycles. The molecule has 0 aliphatic carbocycles. The van der Waals surface area contributed by atoms with E-state index in [2.05, 4.69) is 0 Å². The van der Waals surface area contributed by atoms with E-state index in [9.17, 15) is 13.2 Å². The molecule has 2 unspecified atom stereocenters. The van der Waals surface area contributed by atoms with Crippen LogP contribution in [0, 0.1) is 0 Å². The van der Waals surface area contributed by atoms with Gasteiger partial charge < -0.3 is 14.6 Å². The van der Waals surface area contributed by atoms with Crippen LogP contribution in [0.3, 0.4) is 0 Å². The molecule has 20 heavy (non-hydrogen) atoms. The third-order valence-corrected chi connectivity index (χ3v) is 3.25. The first-order valence-electron chi connectivity index (χ1n) is 6.41. The summed E-state index contributed by atoms with van der Waals surface area (Å²) in [5.74, 6) is -0.848. The van der Waals surface area contributed by atoms with Gasteiger partial charge >= 0.3 is 6.18 Å². The minimum Gasteiger partial charge on any atom is -0.396 e. The Hall–Kier alpha value is -1.11. The van der Waals surface area contributed by atoms with Gasteiger partial charge in [-0.05, 0) is 31.0 Å². The average Bonchev–Trinajstić information content (AvgIpc) is 2.71. The maximum atomic E-state index is 12.5. The van der Waals surface area contributed by atoms with E-state index in [1.165, 1.54) is 12.1 Å². The van der Waals surface area contributed by atoms with Gasteiger partial charge in [0.05, 0.1) is 18.3 Å². The molecule has 2 atom stereocenters. The maximum Gasteiger partial charge on any atom is 0.416 e. The molecule has 1 aliphatic heterocycles. The zero-order valence-corrected chi connectivity index (χ0v) is 11.1. The van der Waals surface area contributed by atoms with Crippen LogP contribution in [-0.2, 0) is 22.1 Å². The predicted molar refractivity (Wildman–Crippen MR) is 66.1 cm³/mol. The molecular weight excluding hydrogens is 273 g/mol. The highest BCUT2D eigenvalue weighted by Gasteiger charge is 2.37. The number of aliphatic hydroxyl groups excluding tert-OH is 1. The molecule has 0 bridgehead atoms. The van der Waals surface area contributed by atoms with Gasteiger partial charge in [-0.2, -0.15) is 13.2 Å². The van der Waals surface area contributed by atoms with Gasteiger partial charge in [-0.3, -0.25) is 0 Å². The van der Waals surface area contributed by atoms with E-state index in [1.807, 2.05) is 0 Å². The van der Waals surface area contributed by atoms with Crippen molar-refractivity contribution in [1.29, 1.82) is 0 Å². The second-order valence-electron chi connectivity index (χ2n) is 5.07. The minimum atomic E-state index is -4.32. The van der Waals surface area contributed by atoms with Crippen LogP contribution in [0.1, 0.15) is 24.5 Å². The minimum absolute atomic E-state index is 0.0182. The molecular formula is C14H17F3O3. The van der Waals surface area contributed by atoms with Crippen molar-refractivity contribution in [1.82, 2.24) is 0 Å². The monoisotopic (exact) mass is 290 g/mol. The highest BCUT2D eigenvalue weighted by molar-refractivity contribution is 5.25. The van der Waals surface area contributed by atoms with Crippen LogP contribution >= 0.6 is 0 Å². The van der Waals surface area contributed by atoms with Crippen molar-refractivity contribution in [3.05, 3.63) is 35.4 Å². The molecule has 112 valence electrons. The van der Waals surface area contributed by atoms with E-state index in [0.29, 0.717) is 25.0 Å². The summed E-state index contributed by atoms with van der Waals surface area (Å²) in [4.78, 5) is 0. The van der Waals surface area contributed by atoms with Crippen molar-refractivity contribution < 1.29 is 27.8 Å². The molecule has 1 fully saturated rings. The molecule has 0 saturated carbocycles. The summed E-state index contributed by atoms with van der Waals surface area (Å²) >= 11 is 0. The van der Waals surface area contributed by atoms with Crippen LogP contribution in [0.2, 0.25) is 0 Å². The van der Waals surface area contributed by atoms with Gasteiger partial charge in [0.15, 0.2) is 5.79 Å². The van der Waals surface area contributed by atoms with Gasteiger partial charge in [-0.1, -0.05) is 12.1 Å². The Labute approximate surface area is 115 Å². The van der Waals surface area contributed by atoms with Crippen molar-refractivity contribution in [3.8, 4) is 0 Å². The molecule has 0 amide bonds. The summed E-state index contributed by atoms with van der Waals surface area (Å²) in [6.45, 7) is 2.16. The molecule has 3 nitrogen and oxygen atoms in total. The second kappa shape index (κ2) is 5.71. The van der Waals surface area contributed by atoms with Gasteiger partial charge in [0, 0.05) is 13.0 Å². The molecule has 1 aromatic carbocycles. The first kappa shape index (κ1) is 15.3. The summed E-state index contributed by atoms with van der Waals surface area (Å²) in [5, 5.41) is 8.85. The van der Waals surface area contributed by atoms with Crippen molar-refractivity contribution in [2.24, 2.45) is 0 Å². The summed E-state index contributed by atoms with van der Waals surface area (Å²) in [6, 6.07) is 4.97. The van der Waals surface area contributed by atoms with Crippen LogP contribution in [0.4, 0.5) is 13.2 Å². The number of hydrogen-bond acceptors (Lipinski definition) is 3. The van der Waals surface area contributed by atoms with Crippen LogP contribution in [0.25, 0.3) is 0 Å². The number of alkyl halides is 3. The molecule has 2 rings (SSSR count). The highest BCUT2D eigenvalue weighted by Crippen LogP contribution is 2.31. The Balaban J connectivity index is 2.00. The number of hydrogen-bond donors (Lipinski definition) is 1. The van der Waals surface area contributed by atoms with Gasteiger partial charge in [-0.25, -0.2) is 0 Å². The van der Waals surface area contributed by atoms with E-state index in [4.69, 9.17) is 14.6 Å². The zero-order valence-electron chi connectivity index (χ0n) is 11.1. The maximum absolute atomic E-state index is 12.5. The molecule has 6 heteroatoms. The number of aliphatic hydroxyl groups is 1. The summed E-state index contributed by atoms with van der Waals surface area (Å²) in [7, 11) is 0. The van der Waals surface area contributed by atoms with E-state index in [1.54, 1.807) is 6.92 Å². The van der Waals surface area contributed by atoms with Crippen LogP contribution in [-0.4, -0.2) is 30.2 Å². The van der Waals surface area contributed by atoms with E-state index in [-0.39, 0.29) is 12.7 Å². The normalized spacial score (nSPS) is 26.9. The third-order valence-electron chi connectivity index (χ3n) is 3.25. The number of ether oxygens (including phenoxy) is 2. The van der Waals surface area contributed by atoms with Crippen LogP contribution in [0.5, 0.6) is 0 Å². The fourth-order valence-electron chi connectivity index (χ4n) is 2.25. The smallest absolute Gasteiger partial charge is 0.396 e. The Morgan fingerprint density at radius 2 is 1.95 bits per heavy atom. The molecule has 1 aliphatic rings. The molecule has 1 heterocycles. The van der Waals surface area contributed by atoms with E-state index in [0.717, 1.165) is 12.1 Å². The Morgan fingerprint density at radius 3 is 2.50 bits per heavy atom. The standard InChI is InChI=1S/C14H17F3O3/c1-13(19-9-12(20-13)6-7-18)8-10-2-4-11(5-3-10)14(15,16)17/h2-5,12,18H,6-9H2,1H3. The molecule has 0 aromatic heterocycles. The average molecular weight is 290 g/mol. The van der Waals surface area contributed by atoms with Gasteiger partial charge in [0.25, 0.3) is 0 Å².